The first-order chi connectivity index (χ1) is 7.81. The molecule has 16 heavy (non-hydrogen) atoms. The Morgan fingerprint density at radius 1 is 1.38 bits per heavy atom. The van der Waals surface area contributed by atoms with E-state index in [1.165, 1.54) is 45.1 Å². The summed E-state index contributed by atoms with van der Waals surface area (Å²) in [6.07, 6.45) is 7.65. The first-order valence-corrected chi connectivity index (χ1v) is 7.84. The molecule has 2 unspecified atom stereocenters. The largest absolute Gasteiger partial charge is 0.395 e. The van der Waals surface area contributed by atoms with Crippen LogP contribution in [0, 0.1) is 5.92 Å². The van der Waals surface area contributed by atoms with E-state index in [-0.39, 0.29) is 0 Å². The summed E-state index contributed by atoms with van der Waals surface area (Å²) in [5, 5.41) is 10.5. The van der Waals surface area contributed by atoms with Crippen LogP contribution in [0.15, 0.2) is 0 Å². The van der Waals surface area contributed by atoms with Gasteiger partial charge in [0.15, 0.2) is 0 Å². The summed E-state index contributed by atoms with van der Waals surface area (Å²) in [5.41, 5.74) is 0. The molecule has 2 atom stereocenters. The topological polar surface area (TPSA) is 23.5 Å². The minimum absolute atomic E-state index is 0.334. The highest BCUT2D eigenvalue weighted by atomic mass is 79.9. The van der Waals surface area contributed by atoms with E-state index >= 15 is 0 Å². The number of halogens is 1. The summed E-state index contributed by atoms with van der Waals surface area (Å²) in [6.45, 7) is 4.92. The molecule has 0 bridgehead atoms. The van der Waals surface area contributed by atoms with Gasteiger partial charge in [0.25, 0.3) is 0 Å². The minimum Gasteiger partial charge on any atom is -0.395 e. The summed E-state index contributed by atoms with van der Waals surface area (Å²) in [7, 11) is 0. The van der Waals surface area contributed by atoms with Gasteiger partial charge in [-0.2, -0.15) is 0 Å². The van der Waals surface area contributed by atoms with Crippen LogP contribution in [0.5, 0.6) is 0 Å². The van der Waals surface area contributed by atoms with Crippen molar-refractivity contribution in [2.24, 2.45) is 5.92 Å². The lowest BCUT2D eigenvalue weighted by Gasteiger charge is -2.31. The molecule has 3 heteroatoms. The third-order valence-corrected chi connectivity index (χ3v) is 4.53. The maximum absolute atomic E-state index is 9.45. The van der Waals surface area contributed by atoms with Crippen molar-refractivity contribution in [1.82, 2.24) is 4.90 Å². The molecule has 1 saturated heterocycles. The molecule has 1 aliphatic heterocycles. The average molecular weight is 292 g/mol. The van der Waals surface area contributed by atoms with E-state index in [0.29, 0.717) is 12.6 Å². The Labute approximate surface area is 109 Å². The molecule has 0 saturated carbocycles. The summed E-state index contributed by atoms with van der Waals surface area (Å²) in [5.74, 6) is 0.747. The summed E-state index contributed by atoms with van der Waals surface area (Å²) < 4.78 is 0. The monoisotopic (exact) mass is 291 g/mol. The normalized spacial score (nSPS) is 25.3. The van der Waals surface area contributed by atoms with Crippen LogP contribution in [-0.4, -0.2) is 41.1 Å². The predicted molar refractivity (Wildman–Crippen MR) is 73.1 cm³/mol. The van der Waals surface area contributed by atoms with E-state index in [9.17, 15) is 5.11 Å². The molecule has 0 aromatic heterocycles. The molecule has 2 nitrogen and oxygen atoms in total. The fourth-order valence-electron chi connectivity index (χ4n) is 2.64. The van der Waals surface area contributed by atoms with Gasteiger partial charge in [-0.05, 0) is 31.7 Å². The number of rotatable bonds is 6. The predicted octanol–water partition coefficient (Wildman–Crippen LogP) is 3.03. The van der Waals surface area contributed by atoms with Crippen LogP contribution in [0.3, 0.4) is 0 Å². The fraction of sp³-hybridized carbons (Fsp3) is 1.00. The van der Waals surface area contributed by atoms with E-state index in [2.05, 4.69) is 27.8 Å². The molecule has 1 fully saturated rings. The van der Waals surface area contributed by atoms with E-state index in [1.807, 2.05) is 0 Å². The Morgan fingerprint density at radius 2 is 2.19 bits per heavy atom. The highest BCUT2D eigenvalue weighted by molar-refractivity contribution is 9.09. The molecule has 0 amide bonds. The zero-order valence-corrected chi connectivity index (χ0v) is 12.1. The van der Waals surface area contributed by atoms with Crippen LogP contribution in [-0.2, 0) is 0 Å². The number of hydrogen-bond donors (Lipinski definition) is 1. The van der Waals surface area contributed by atoms with Gasteiger partial charge in [0, 0.05) is 17.9 Å². The van der Waals surface area contributed by atoms with Crippen LogP contribution in [0.2, 0.25) is 0 Å². The molecular formula is C13H26BrNO. The van der Waals surface area contributed by atoms with Gasteiger partial charge < -0.3 is 5.11 Å². The number of nitrogens with zero attached hydrogens (tertiary/aromatic N) is 1. The smallest absolute Gasteiger partial charge is 0.0586 e. The zero-order chi connectivity index (χ0) is 11.8. The second-order valence-electron chi connectivity index (χ2n) is 4.99. The third-order valence-electron chi connectivity index (χ3n) is 3.62. The van der Waals surface area contributed by atoms with E-state index in [0.717, 1.165) is 17.8 Å². The van der Waals surface area contributed by atoms with Crippen molar-refractivity contribution in [3.05, 3.63) is 0 Å². The van der Waals surface area contributed by atoms with Gasteiger partial charge in [-0.1, -0.05) is 42.1 Å². The molecule has 1 aliphatic rings. The van der Waals surface area contributed by atoms with E-state index in [1.54, 1.807) is 0 Å². The highest BCUT2D eigenvalue weighted by Crippen LogP contribution is 2.20. The minimum atomic E-state index is 0.334. The molecule has 1 heterocycles. The Bertz CT molecular complexity index is 177. The van der Waals surface area contributed by atoms with Crippen LogP contribution >= 0.6 is 15.9 Å². The first-order valence-electron chi connectivity index (χ1n) is 6.72. The molecule has 0 aliphatic carbocycles. The summed E-state index contributed by atoms with van der Waals surface area (Å²) in [4.78, 5) is 2.52. The summed E-state index contributed by atoms with van der Waals surface area (Å²) in [6, 6.07) is 0.418. The lowest BCUT2D eigenvalue weighted by atomic mass is 10.0. The number of aliphatic hydroxyl groups excluding tert-OH is 1. The van der Waals surface area contributed by atoms with Crippen molar-refractivity contribution in [1.29, 1.82) is 0 Å². The molecule has 1 rings (SSSR count). The van der Waals surface area contributed by atoms with Crippen molar-refractivity contribution in [2.75, 3.05) is 25.0 Å². The van der Waals surface area contributed by atoms with Gasteiger partial charge in [0.1, 0.15) is 0 Å². The van der Waals surface area contributed by atoms with Gasteiger partial charge in [0.05, 0.1) is 6.61 Å². The average Bonchev–Trinajstić information content (AvgIpc) is 2.53. The Balaban J connectivity index is 2.46. The lowest BCUT2D eigenvalue weighted by molar-refractivity contribution is 0.110. The Hall–Kier alpha value is 0.400. The quantitative estimate of drug-likeness (QED) is 0.761. The van der Waals surface area contributed by atoms with Crippen LogP contribution in [0.4, 0.5) is 0 Å². The van der Waals surface area contributed by atoms with E-state index < -0.39 is 0 Å². The lowest BCUT2D eigenvalue weighted by Crippen LogP contribution is -2.41. The third kappa shape index (κ3) is 4.72. The van der Waals surface area contributed by atoms with Gasteiger partial charge >= 0.3 is 0 Å². The van der Waals surface area contributed by atoms with E-state index in [4.69, 9.17) is 0 Å². The highest BCUT2D eigenvalue weighted by Gasteiger charge is 2.22. The molecule has 0 radical (unpaired) electrons. The maximum Gasteiger partial charge on any atom is 0.0586 e. The van der Waals surface area contributed by atoms with Crippen molar-refractivity contribution in [3.63, 3.8) is 0 Å². The summed E-state index contributed by atoms with van der Waals surface area (Å²) >= 11 is 3.62. The molecule has 0 aromatic carbocycles. The van der Waals surface area contributed by atoms with Gasteiger partial charge in [-0.15, -0.1) is 0 Å². The number of alkyl halides is 1. The zero-order valence-electron chi connectivity index (χ0n) is 10.5. The SMILES string of the molecule is CCCC(CBr)CN1CCCCCC1CO. The van der Waals surface area contributed by atoms with Gasteiger partial charge in [0.2, 0.25) is 0 Å². The van der Waals surface area contributed by atoms with Crippen molar-refractivity contribution in [3.8, 4) is 0 Å². The molecule has 96 valence electrons. The molecule has 0 aromatic rings. The second kappa shape index (κ2) is 8.48. The van der Waals surface area contributed by atoms with Crippen LogP contribution in [0.1, 0.15) is 45.4 Å². The maximum atomic E-state index is 9.45. The molecule has 0 spiro atoms. The number of hydrogen-bond acceptors (Lipinski definition) is 2. The Morgan fingerprint density at radius 3 is 2.81 bits per heavy atom. The molecule has 1 N–H and O–H groups in total. The van der Waals surface area contributed by atoms with Crippen LogP contribution < -0.4 is 0 Å². The number of aliphatic hydroxyl groups is 1. The second-order valence-corrected chi connectivity index (χ2v) is 5.64. The Kier molecular flexibility index (Phi) is 7.67. The van der Waals surface area contributed by atoms with Crippen molar-refractivity contribution < 1.29 is 5.11 Å². The molecular weight excluding hydrogens is 266 g/mol. The first kappa shape index (κ1) is 14.5. The standard InChI is InChI=1S/C13H26BrNO/c1-2-6-12(9-14)10-15-8-5-3-4-7-13(15)11-16/h12-13,16H,2-11H2,1H3. The van der Waals surface area contributed by atoms with Crippen molar-refractivity contribution in [2.45, 2.75) is 51.5 Å². The van der Waals surface area contributed by atoms with Gasteiger partial charge in [-0.3, -0.25) is 4.90 Å². The number of likely N-dealkylation sites (tertiary alicyclic amines) is 1. The van der Waals surface area contributed by atoms with Gasteiger partial charge in [-0.25, -0.2) is 0 Å². The van der Waals surface area contributed by atoms with Crippen molar-refractivity contribution >= 4 is 15.9 Å². The fourth-order valence-corrected chi connectivity index (χ4v) is 3.17. The van der Waals surface area contributed by atoms with Crippen LogP contribution in [0.25, 0.3) is 0 Å².